The second kappa shape index (κ2) is 8.42. The molecule has 0 aliphatic carbocycles. The van der Waals surface area contributed by atoms with Crippen molar-refractivity contribution < 1.29 is 9.53 Å². The SMILES string of the molecule is COc1cc(Cl)c(C)cc1NC(=O)c1cncc(Nc2ccccc2C#N)c1. The van der Waals surface area contributed by atoms with Gasteiger partial charge in [-0.3, -0.25) is 9.78 Å². The van der Waals surface area contributed by atoms with Gasteiger partial charge < -0.3 is 15.4 Å². The van der Waals surface area contributed by atoms with Gasteiger partial charge in [-0.1, -0.05) is 23.7 Å². The van der Waals surface area contributed by atoms with Gasteiger partial charge in [0, 0.05) is 17.3 Å². The zero-order chi connectivity index (χ0) is 20.1. The minimum Gasteiger partial charge on any atom is -0.495 e. The summed E-state index contributed by atoms with van der Waals surface area (Å²) in [5.74, 6) is 0.124. The highest BCUT2D eigenvalue weighted by Crippen LogP contribution is 2.31. The van der Waals surface area contributed by atoms with Crippen molar-refractivity contribution in [3.8, 4) is 11.8 Å². The summed E-state index contributed by atoms with van der Waals surface area (Å²) in [7, 11) is 1.51. The molecule has 7 heteroatoms. The predicted octanol–water partition coefficient (Wildman–Crippen LogP) is 4.92. The van der Waals surface area contributed by atoms with E-state index < -0.39 is 0 Å². The molecule has 28 heavy (non-hydrogen) atoms. The van der Waals surface area contributed by atoms with Crippen LogP contribution in [0, 0.1) is 18.3 Å². The number of aromatic nitrogens is 1. The van der Waals surface area contributed by atoms with Crippen molar-refractivity contribution in [1.29, 1.82) is 5.26 Å². The van der Waals surface area contributed by atoms with Gasteiger partial charge in [-0.25, -0.2) is 0 Å². The number of nitriles is 1. The van der Waals surface area contributed by atoms with Crippen LogP contribution in [-0.4, -0.2) is 18.0 Å². The molecule has 0 fully saturated rings. The monoisotopic (exact) mass is 392 g/mol. The van der Waals surface area contributed by atoms with Crippen molar-refractivity contribution in [1.82, 2.24) is 4.98 Å². The molecule has 140 valence electrons. The molecule has 2 aromatic carbocycles. The van der Waals surface area contributed by atoms with Crippen LogP contribution in [0.1, 0.15) is 21.5 Å². The predicted molar refractivity (Wildman–Crippen MR) is 109 cm³/mol. The Kier molecular flexibility index (Phi) is 5.78. The fourth-order valence-electron chi connectivity index (χ4n) is 2.60. The van der Waals surface area contributed by atoms with Gasteiger partial charge in [-0.15, -0.1) is 0 Å². The number of carbonyl (C=O) groups excluding carboxylic acids is 1. The van der Waals surface area contributed by atoms with Crippen molar-refractivity contribution in [3.05, 3.63) is 76.6 Å². The maximum Gasteiger partial charge on any atom is 0.257 e. The van der Waals surface area contributed by atoms with Crippen LogP contribution < -0.4 is 15.4 Å². The summed E-state index contributed by atoms with van der Waals surface area (Å²) in [6, 6.07) is 14.3. The van der Waals surface area contributed by atoms with Crippen molar-refractivity contribution >= 4 is 34.6 Å². The minimum absolute atomic E-state index is 0.343. The van der Waals surface area contributed by atoms with E-state index in [1.54, 1.807) is 42.6 Å². The molecule has 0 saturated heterocycles. The van der Waals surface area contributed by atoms with Gasteiger partial charge in [0.1, 0.15) is 11.8 Å². The standard InChI is InChI=1S/C21H17ClN4O2/c1-13-7-19(20(28-2)9-17(13)22)26-21(27)15-8-16(12-24-11-15)25-18-6-4-3-5-14(18)10-23/h3-9,11-12,25H,1-2H3,(H,26,27). The van der Waals surface area contributed by atoms with Gasteiger partial charge in [-0.05, 0) is 36.8 Å². The van der Waals surface area contributed by atoms with E-state index in [4.69, 9.17) is 16.3 Å². The molecule has 0 atom stereocenters. The Hall–Kier alpha value is -3.56. The number of benzene rings is 2. The summed E-state index contributed by atoms with van der Waals surface area (Å²) in [4.78, 5) is 16.8. The van der Waals surface area contributed by atoms with Crippen LogP contribution in [-0.2, 0) is 0 Å². The summed E-state index contributed by atoms with van der Waals surface area (Å²) >= 11 is 6.11. The van der Waals surface area contributed by atoms with Crippen LogP contribution in [0.4, 0.5) is 17.1 Å². The largest absolute Gasteiger partial charge is 0.495 e. The fourth-order valence-corrected chi connectivity index (χ4v) is 2.76. The number of hydrogen-bond acceptors (Lipinski definition) is 5. The number of methoxy groups -OCH3 is 1. The summed E-state index contributed by atoms with van der Waals surface area (Å²) in [6.45, 7) is 1.84. The molecule has 3 rings (SSSR count). The first-order chi connectivity index (χ1) is 13.5. The van der Waals surface area contributed by atoms with Crippen LogP contribution in [0.5, 0.6) is 5.75 Å². The van der Waals surface area contributed by atoms with Crippen LogP contribution in [0.15, 0.2) is 54.9 Å². The number of nitrogens with zero attached hydrogens (tertiary/aromatic N) is 2. The first kappa shape index (κ1) is 19.2. The van der Waals surface area contributed by atoms with Gasteiger partial charge in [0.25, 0.3) is 5.91 Å². The lowest BCUT2D eigenvalue weighted by Gasteiger charge is -2.13. The van der Waals surface area contributed by atoms with Crippen LogP contribution in [0.25, 0.3) is 0 Å². The van der Waals surface area contributed by atoms with E-state index in [-0.39, 0.29) is 5.91 Å². The number of anilines is 3. The number of carbonyl (C=O) groups is 1. The summed E-state index contributed by atoms with van der Waals surface area (Å²) in [5, 5.41) is 15.7. The van der Waals surface area contributed by atoms with Gasteiger partial charge in [0.15, 0.2) is 0 Å². The Bertz CT molecular complexity index is 1080. The molecule has 0 aliphatic rings. The van der Waals surface area contributed by atoms with Crippen molar-refractivity contribution in [2.75, 3.05) is 17.7 Å². The normalized spacial score (nSPS) is 10.1. The molecule has 2 N–H and O–H groups in total. The fraction of sp³-hybridized carbons (Fsp3) is 0.0952. The number of aryl methyl sites for hydroxylation is 1. The molecule has 1 amide bonds. The lowest BCUT2D eigenvalue weighted by atomic mass is 10.1. The van der Waals surface area contributed by atoms with Gasteiger partial charge in [0.2, 0.25) is 0 Å². The quantitative estimate of drug-likeness (QED) is 0.643. The summed E-state index contributed by atoms with van der Waals surface area (Å²) in [5.41, 5.74) is 3.42. The Morgan fingerprint density at radius 2 is 1.96 bits per heavy atom. The smallest absolute Gasteiger partial charge is 0.257 e. The maximum absolute atomic E-state index is 12.7. The van der Waals surface area contributed by atoms with Crippen molar-refractivity contribution in [2.24, 2.45) is 0 Å². The number of nitrogens with one attached hydrogen (secondary N) is 2. The summed E-state index contributed by atoms with van der Waals surface area (Å²) < 4.78 is 5.29. The van der Waals surface area contributed by atoms with Gasteiger partial charge in [-0.2, -0.15) is 5.26 Å². The van der Waals surface area contributed by atoms with E-state index in [1.165, 1.54) is 13.3 Å². The Morgan fingerprint density at radius 1 is 1.18 bits per heavy atom. The third kappa shape index (κ3) is 4.22. The first-order valence-electron chi connectivity index (χ1n) is 8.38. The molecular formula is C21H17ClN4O2. The van der Waals surface area contributed by atoms with Gasteiger partial charge >= 0.3 is 0 Å². The number of rotatable bonds is 5. The molecular weight excluding hydrogens is 376 g/mol. The number of para-hydroxylation sites is 1. The van der Waals surface area contributed by atoms with Crippen LogP contribution in [0.3, 0.4) is 0 Å². The molecule has 3 aromatic rings. The molecule has 0 saturated carbocycles. The number of amides is 1. The zero-order valence-corrected chi connectivity index (χ0v) is 16.0. The molecule has 0 spiro atoms. The highest BCUT2D eigenvalue weighted by Gasteiger charge is 2.13. The molecule has 6 nitrogen and oxygen atoms in total. The molecule has 1 heterocycles. The average molecular weight is 393 g/mol. The third-order valence-electron chi connectivity index (χ3n) is 4.06. The lowest BCUT2D eigenvalue weighted by molar-refractivity contribution is 0.102. The number of hydrogen-bond donors (Lipinski definition) is 2. The highest BCUT2D eigenvalue weighted by atomic mass is 35.5. The number of pyridine rings is 1. The maximum atomic E-state index is 12.7. The van der Waals surface area contributed by atoms with E-state index in [0.717, 1.165) is 5.56 Å². The molecule has 0 bridgehead atoms. The number of ether oxygens (including phenoxy) is 1. The summed E-state index contributed by atoms with van der Waals surface area (Å²) in [6.07, 6.45) is 3.05. The number of halogens is 1. The Morgan fingerprint density at radius 3 is 2.71 bits per heavy atom. The minimum atomic E-state index is -0.343. The molecule has 0 aliphatic heterocycles. The second-order valence-corrected chi connectivity index (χ2v) is 6.41. The van der Waals surface area contributed by atoms with E-state index in [2.05, 4.69) is 21.7 Å². The van der Waals surface area contributed by atoms with Crippen molar-refractivity contribution in [3.63, 3.8) is 0 Å². The van der Waals surface area contributed by atoms with E-state index in [0.29, 0.717) is 39.0 Å². The van der Waals surface area contributed by atoms with E-state index in [1.807, 2.05) is 13.0 Å². The van der Waals surface area contributed by atoms with E-state index >= 15 is 0 Å². The highest BCUT2D eigenvalue weighted by molar-refractivity contribution is 6.31. The first-order valence-corrected chi connectivity index (χ1v) is 8.76. The zero-order valence-electron chi connectivity index (χ0n) is 15.3. The molecule has 0 unspecified atom stereocenters. The topological polar surface area (TPSA) is 87.0 Å². The van der Waals surface area contributed by atoms with Crippen LogP contribution in [0.2, 0.25) is 5.02 Å². The average Bonchev–Trinajstić information content (AvgIpc) is 2.71. The van der Waals surface area contributed by atoms with E-state index in [9.17, 15) is 10.1 Å². The Balaban J connectivity index is 1.83. The third-order valence-corrected chi connectivity index (χ3v) is 4.46. The van der Waals surface area contributed by atoms with Gasteiger partial charge in [0.05, 0.1) is 41.5 Å². The van der Waals surface area contributed by atoms with Crippen LogP contribution >= 0.6 is 11.6 Å². The lowest BCUT2D eigenvalue weighted by Crippen LogP contribution is -2.13. The Labute approximate surface area is 167 Å². The second-order valence-electron chi connectivity index (χ2n) is 6.00. The molecule has 1 aromatic heterocycles. The van der Waals surface area contributed by atoms with Crippen molar-refractivity contribution in [2.45, 2.75) is 6.92 Å². The molecule has 0 radical (unpaired) electrons.